The first-order valence-electron chi connectivity index (χ1n) is 37.0. The second-order valence-corrected chi connectivity index (χ2v) is 28.7. The zero-order valence-electron chi connectivity index (χ0n) is 58.5. The maximum Gasteiger partial charge on any atom is 0.472 e. The third kappa shape index (κ3) is 66.0. The maximum atomic E-state index is 13.0. The van der Waals surface area contributed by atoms with Gasteiger partial charge in [-0.3, -0.25) is 37.3 Å². The van der Waals surface area contributed by atoms with Crippen LogP contribution in [0.15, 0.2) is 24.3 Å². The lowest BCUT2D eigenvalue weighted by Gasteiger charge is -2.21. The zero-order chi connectivity index (χ0) is 67.0. The van der Waals surface area contributed by atoms with Crippen LogP contribution in [0.1, 0.15) is 349 Å². The molecule has 0 radical (unpaired) electrons. The van der Waals surface area contributed by atoms with Gasteiger partial charge in [-0.15, -0.1) is 0 Å². The SMILES string of the molecule is CCCCCC/C=C\C=C/CCCCCCCC(=O)OC[C@H](COP(=O)(O)OC[C@@H](O)COP(=O)(O)OC[C@@H](COC(=O)CCCCCCCCCC)OC(=O)CCCCCCCCCCC(C)C)OC(=O)CCCCCCCCCCCCCCCCCCC. The summed E-state index contributed by atoms with van der Waals surface area (Å²) in [6, 6.07) is 0. The number of hydrogen-bond donors (Lipinski definition) is 3. The molecule has 0 amide bonds. The van der Waals surface area contributed by atoms with Crippen LogP contribution in [0.4, 0.5) is 0 Å². The molecule has 0 aromatic carbocycles. The molecule has 2 unspecified atom stereocenters. The van der Waals surface area contributed by atoms with Crippen molar-refractivity contribution < 1.29 is 80.2 Å². The van der Waals surface area contributed by atoms with Gasteiger partial charge in [0.05, 0.1) is 26.4 Å². The molecule has 0 spiro atoms. The number of carbonyl (C=O) groups is 4. The normalized spacial score (nSPS) is 14.2. The fourth-order valence-corrected chi connectivity index (χ4v) is 12.0. The third-order valence-corrected chi connectivity index (χ3v) is 18.1. The molecule has 0 aliphatic heterocycles. The lowest BCUT2D eigenvalue weighted by molar-refractivity contribution is -0.161. The van der Waals surface area contributed by atoms with Gasteiger partial charge in [0.15, 0.2) is 12.2 Å². The minimum atomic E-state index is -4.96. The Kier molecular flexibility index (Phi) is 63.1. The van der Waals surface area contributed by atoms with Crippen LogP contribution < -0.4 is 0 Å². The summed E-state index contributed by atoms with van der Waals surface area (Å²) in [7, 11) is -9.91. The van der Waals surface area contributed by atoms with Crippen LogP contribution >= 0.6 is 15.6 Å². The number of aliphatic hydroxyl groups is 1. The minimum Gasteiger partial charge on any atom is -0.462 e. The topological polar surface area (TPSA) is 237 Å². The molecule has 17 nitrogen and oxygen atoms in total. The van der Waals surface area contributed by atoms with E-state index in [2.05, 4.69) is 58.9 Å². The average molecular weight is 1340 g/mol. The summed E-state index contributed by atoms with van der Waals surface area (Å²) in [6.45, 7) is 7.13. The Bertz CT molecular complexity index is 1850. The number of phosphoric ester groups is 2. The van der Waals surface area contributed by atoms with Crippen LogP contribution in [0.3, 0.4) is 0 Å². The Morgan fingerprint density at radius 2 is 0.593 bits per heavy atom. The summed E-state index contributed by atoms with van der Waals surface area (Å²) in [5.74, 6) is -1.44. The summed E-state index contributed by atoms with van der Waals surface area (Å²) >= 11 is 0. The van der Waals surface area contributed by atoms with Gasteiger partial charge in [-0.1, -0.05) is 296 Å². The fraction of sp³-hybridized carbons (Fsp3) is 0.889. The number of ether oxygens (including phenoxy) is 4. The van der Waals surface area contributed by atoms with Crippen molar-refractivity contribution >= 4 is 39.5 Å². The van der Waals surface area contributed by atoms with E-state index in [1.165, 1.54) is 148 Å². The van der Waals surface area contributed by atoms with E-state index in [9.17, 15) is 43.2 Å². The summed E-state index contributed by atoms with van der Waals surface area (Å²) < 4.78 is 68.2. The Hall–Kier alpha value is -2.46. The first kappa shape index (κ1) is 88.5. The van der Waals surface area contributed by atoms with Gasteiger partial charge >= 0.3 is 39.5 Å². The van der Waals surface area contributed by atoms with Crippen LogP contribution in [0.2, 0.25) is 0 Å². The van der Waals surface area contributed by atoms with Crippen molar-refractivity contribution in [2.24, 2.45) is 5.92 Å². The quantitative estimate of drug-likeness (QED) is 0.0169. The van der Waals surface area contributed by atoms with Gasteiger partial charge in [0.25, 0.3) is 0 Å². The van der Waals surface area contributed by atoms with E-state index < -0.39 is 97.5 Å². The second-order valence-electron chi connectivity index (χ2n) is 25.8. The highest BCUT2D eigenvalue weighted by atomic mass is 31.2. The molecule has 0 bridgehead atoms. The van der Waals surface area contributed by atoms with Crippen LogP contribution in [0.25, 0.3) is 0 Å². The van der Waals surface area contributed by atoms with Crippen molar-refractivity contribution in [3.8, 4) is 0 Å². The lowest BCUT2D eigenvalue weighted by atomic mass is 10.0. The highest BCUT2D eigenvalue weighted by Gasteiger charge is 2.30. The summed E-state index contributed by atoms with van der Waals surface area (Å²) in [6.07, 6.45) is 55.0. The smallest absolute Gasteiger partial charge is 0.462 e. The van der Waals surface area contributed by atoms with E-state index in [0.29, 0.717) is 25.7 Å². The van der Waals surface area contributed by atoms with E-state index in [-0.39, 0.29) is 25.7 Å². The van der Waals surface area contributed by atoms with Crippen molar-refractivity contribution in [1.82, 2.24) is 0 Å². The van der Waals surface area contributed by atoms with Crippen molar-refractivity contribution in [3.05, 3.63) is 24.3 Å². The van der Waals surface area contributed by atoms with Crippen LogP contribution in [0.5, 0.6) is 0 Å². The zero-order valence-corrected chi connectivity index (χ0v) is 60.3. The Morgan fingerprint density at radius 1 is 0.341 bits per heavy atom. The molecule has 0 aromatic rings. The van der Waals surface area contributed by atoms with Gasteiger partial charge < -0.3 is 33.8 Å². The third-order valence-electron chi connectivity index (χ3n) is 16.2. The molecule has 91 heavy (non-hydrogen) atoms. The van der Waals surface area contributed by atoms with E-state index in [1.54, 1.807) is 0 Å². The summed E-state index contributed by atoms with van der Waals surface area (Å²) in [5, 5.41) is 10.6. The molecule has 536 valence electrons. The Balaban J connectivity index is 5.25. The number of rotatable bonds is 70. The first-order chi connectivity index (χ1) is 44.0. The van der Waals surface area contributed by atoms with Gasteiger partial charge in [-0.05, 0) is 57.3 Å². The molecule has 0 aliphatic rings. The van der Waals surface area contributed by atoms with Crippen molar-refractivity contribution in [1.29, 1.82) is 0 Å². The Labute approximate surface area is 554 Å². The second kappa shape index (κ2) is 64.9. The van der Waals surface area contributed by atoms with Crippen LogP contribution in [0, 0.1) is 5.92 Å². The lowest BCUT2D eigenvalue weighted by Crippen LogP contribution is -2.30. The van der Waals surface area contributed by atoms with E-state index in [4.69, 9.17) is 37.0 Å². The predicted molar refractivity (Wildman–Crippen MR) is 368 cm³/mol. The number of carbonyl (C=O) groups excluding carboxylic acids is 4. The molecule has 5 atom stereocenters. The molecule has 0 rings (SSSR count). The molecule has 0 saturated carbocycles. The van der Waals surface area contributed by atoms with Crippen molar-refractivity contribution in [2.45, 2.75) is 368 Å². The number of hydrogen-bond acceptors (Lipinski definition) is 15. The van der Waals surface area contributed by atoms with E-state index >= 15 is 0 Å². The number of aliphatic hydroxyl groups excluding tert-OH is 1. The molecule has 0 saturated heterocycles. The minimum absolute atomic E-state index is 0.101. The van der Waals surface area contributed by atoms with E-state index in [1.807, 2.05) is 0 Å². The van der Waals surface area contributed by atoms with Gasteiger partial charge in [0.2, 0.25) is 0 Å². The molecule has 0 aromatic heterocycles. The molecular weight excluding hydrogens is 1200 g/mol. The summed E-state index contributed by atoms with van der Waals surface area (Å²) in [4.78, 5) is 72.5. The monoisotopic (exact) mass is 1330 g/mol. The van der Waals surface area contributed by atoms with Gasteiger partial charge in [-0.2, -0.15) is 0 Å². The number of esters is 4. The molecule has 0 heterocycles. The summed E-state index contributed by atoms with van der Waals surface area (Å²) in [5.41, 5.74) is 0. The highest BCUT2D eigenvalue weighted by molar-refractivity contribution is 7.47. The van der Waals surface area contributed by atoms with Crippen molar-refractivity contribution in [2.75, 3.05) is 39.6 Å². The molecular formula is C72H136O17P2. The fourth-order valence-electron chi connectivity index (χ4n) is 10.5. The van der Waals surface area contributed by atoms with Gasteiger partial charge in [0.1, 0.15) is 19.3 Å². The molecule has 3 N–H and O–H groups in total. The molecule has 19 heteroatoms. The largest absolute Gasteiger partial charge is 0.472 e. The maximum absolute atomic E-state index is 13.0. The molecule has 0 aliphatic carbocycles. The van der Waals surface area contributed by atoms with E-state index in [0.717, 1.165) is 121 Å². The van der Waals surface area contributed by atoms with Gasteiger partial charge in [0, 0.05) is 25.7 Å². The van der Waals surface area contributed by atoms with Gasteiger partial charge in [-0.25, -0.2) is 9.13 Å². The predicted octanol–water partition coefficient (Wildman–Crippen LogP) is 20.5. The Morgan fingerprint density at radius 3 is 0.901 bits per heavy atom. The van der Waals surface area contributed by atoms with Crippen molar-refractivity contribution in [3.63, 3.8) is 0 Å². The number of phosphoric acid groups is 2. The standard InChI is InChI=1S/C72H136O17P2/c1-6-9-12-15-18-21-23-25-27-28-30-32-34-36-42-47-52-57-71(76)88-68(62-83-70(75)56-51-46-41-35-33-31-29-26-24-22-19-16-13-10-7-2)64-87-91(80,81)85-60-66(73)59-84-90(78,79)86-63-67(61-82-69(74)55-50-45-40-20-17-14-11-8-3)89-72(77)58-53-48-43-38-37-39-44-49-54-65(4)5/h22,24,26,29,65-68,73H,6-21,23,25,27-28,30-64H2,1-5H3,(H,78,79)(H,80,81)/b24-22-,29-26-/t66-,67+,68+/m0/s1. The average Bonchev–Trinajstić information content (AvgIpc) is 3.21. The number of unbranched alkanes of at least 4 members (excludes halogenated alkanes) is 39. The molecule has 0 fully saturated rings. The van der Waals surface area contributed by atoms with Crippen LogP contribution in [-0.4, -0.2) is 96.7 Å². The van der Waals surface area contributed by atoms with Crippen LogP contribution in [-0.2, 0) is 65.4 Å². The highest BCUT2D eigenvalue weighted by Crippen LogP contribution is 2.45. The number of allylic oxidation sites excluding steroid dienone is 4. The first-order valence-corrected chi connectivity index (χ1v) is 39.9.